The maximum absolute atomic E-state index is 3.21. The molecule has 0 amide bonds. The van der Waals surface area contributed by atoms with Gasteiger partial charge in [-0.05, 0) is 35.0 Å². The van der Waals surface area contributed by atoms with E-state index >= 15 is 0 Å². The Balaban J connectivity index is 1.92. The molecule has 0 saturated carbocycles. The second kappa shape index (κ2) is 6.26. The van der Waals surface area contributed by atoms with E-state index in [1.807, 2.05) is 59.3 Å². The molecule has 0 aliphatic heterocycles. The van der Waals surface area contributed by atoms with Crippen molar-refractivity contribution < 1.29 is 0 Å². The molecule has 0 aliphatic carbocycles. The SMILES string of the molecule is C(#Cc1ccccc1C#Cc1cccs1)c1cccs1. The van der Waals surface area contributed by atoms with Crippen LogP contribution in [-0.4, -0.2) is 0 Å². The topological polar surface area (TPSA) is 0 Å². The number of hydrogen-bond acceptors (Lipinski definition) is 2. The third kappa shape index (κ3) is 3.19. The monoisotopic (exact) mass is 290 g/mol. The van der Waals surface area contributed by atoms with Gasteiger partial charge in [0.2, 0.25) is 0 Å². The highest BCUT2D eigenvalue weighted by Gasteiger charge is 1.95. The van der Waals surface area contributed by atoms with Crippen molar-refractivity contribution in [2.75, 3.05) is 0 Å². The van der Waals surface area contributed by atoms with Crippen LogP contribution in [-0.2, 0) is 0 Å². The van der Waals surface area contributed by atoms with Crippen LogP contribution in [0.3, 0.4) is 0 Å². The van der Waals surface area contributed by atoms with E-state index in [2.05, 4.69) is 23.7 Å². The van der Waals surface area contributed by atoms with Crippen molar-refractivity contribution >= 4 is 22.7 Å². The summed E-state index contributed by atoms with van der Waals surface area (Å²) in [4.78, 5) is 2.15. The molecular formula is C18H10S2. The normalized spacial score (nSPS) is 9.20. The average Bonchev–Trinajstić information content (AvgIpc) is 3.17. The van der Waals surface area contributed by atoms with Crippen LogP contribution in [0.15, 0.2) is 59.3 Å². The van der Waals surface area contributed by atoms with Gasteiger partial charge in [-0.1, -0.05) is 47.9 Å². The van der Waals surface area contributed by atoms with Crippen molar-refractivity contribution in [2.24, 2.45) is 0 Å². The van der Waals surface area contributed by atoms with Gasteiger partial charge in [-0.3, -0.25) is 0 Å². The summed E-state index contributed by atoms with van der Waals surface area (Å²) < 4.78 is 0. The first-order valence-corrected chi connectivity index (χ1v) is 7.88. The van der Waals surface area contributed by atoms with E-state index in [4.69, 9.17) is 0 Å². The summed E-state index contributed by atoms with van der Waals surface area (Å²) in [5, 5.41) is 4.07. The van der Waals surface area contributed by atoms with E-state index in [0.717, 1.165) is 20.9 Å². The zero-order chi connectivity index (χ0) is 13.6. The third-order valence-corrected chi connectivity index (χ3v) is 4.18. The second-order valence-electron chi connectivity index (χ2n) is 4.00. The molecule has 0 atom stereocenters. The molecule has 0 N–H and O–H groups in total. The summed E-state index contributed by atoms with van der Waals surface area (Å²) in [5.74, 6) is 12.8. The molecule has 3 rings (SSSR count). The van der Waals surface area contributed by atoms with Crippen molar-refractivity contribution in [1.82, 2.24) is 0 Å². The van der Waals surface area contributed by atoms with Crippen LogP contribution in [0.25, 0.3) is 0 Å². The van der Waals surface area contributed by atoms with Gasteiger partial charge < -0.3 is 0 Å². The number of hydrogen-bond donors (Lipinski definition) is 0. The first kappa shape index (κ1) is 12.8. The van der Waals surface area contributed by atoms with E-state index in [1.165, 1.54) is 0 Å². The van der Waals surface area contributed by atoms with Gasteiger partial charge in [-0.2, -0.15) is 0 Å². The van der Waals surface area contributed by atoms with Crippen LogP contribution in [0.4, 0.5) is 0 Å². The Kier molecular flexibility index (Phi) is 3.99. The van der Waals surface area contributed by atoms with Gasteiger partial charge in [0, 0.05) is 11.1 Å². The fraction of sp³-hybridized carbons (Fsp3) is 0. The van der Waals surface area contributed by atoms with E-state index in [0.29, 0.717) is 0 Å². The van der Waals surface area contributed by atoms with Crippen LogP contribution in [0.2, 0.25) is 0 Å². The van der Waals surface area contributed by atoms with Crippen molar-refractivity contribution in [3.63, 3.8) is 0 Å². The van der Waals surface area contributed by atoms with Crippen molar-refractivity contribution in [1.29, 1.82) is 0 Å². The molecule has 2 aromatic heterocycles. The Morgan fingerprint density at radius 3 is 1.45 bits per heavy atom. The lowest BCUT2D eigenvalue weighted by molar-refractivity contribution is 1.59. The van der Waals surface area contributed by atoms with E-state index in [1.54, 1.807) is 22.7 Å². The number of rotatable bonds is 0. The fourth-order valence-corrected chi connectivity index (χ4v) is 2.80. The van der Waals surface area contributed by atoms with Gasteiger partial charge in [0.05, 0.1) is 9.75 Å². The predicted octanol–water partition coefficient (Wildman–Crippen LogP) is 4.61. The quantitative estimate of drug-likeness (QED) is 0.530. The van der Waals surface area contributed by atoms with Crippen molar-refractivity contribution in [3.05, 3.63) is 80.2 Å². The summed E-state index contributed by atoms with van der Waals surface area (Å²) >= 11 is 3.30. The van der Waals surface area contributed by atoms with Crippen LogP contribution in [0.1, 0.15) is 20.9 Å². The van der Waals surface area contributed by atoms with Gasteiger partial charge in [-0.15, -0.1) is 22.7 Å². The van der Waals surface area contributed by atoms with Crippen LogP contribution >= 0.6 is 22.7 Å². The molecule has 0 radical (unpaired) electrons. The highest BCUT2D eigenvalue weighted by molar-refractivity contribution is 7.10. The van der Waals surface area contributed by atoms with E-state index in [-0.39, 0.29) is 0 Å². The first-order valence-electron chi connectivity index (χ1n) is 6.12. The highest BCUT2D eigenvalue weighted by atomic mass is 32.1. The molecule has 0 bridgehead atoms. The fourth-order valence-electron chi connectivity index (χ4n) is 1.66. The molecule has 20 heavy (non-hydrogen) atoms. The van der Waals surface area contributed by atoms with Gasteiger partial charge in [0.15, 0.2) is 0 Å². The maximum Gasteiger partial charge on any atom is 0.0772 e. The average molecular weight is 290 g/mol. The third-order valence-electron chi connectivity index (χ3n) is 2.61. The zero-order valence-corrected chi connectivity index (χ0v) is 12.2. The summed E-state index contributed by atoms with van der Waals surface area (Å²) in [6, 6.07) is 16.1. The van der Waals surface area contributed by atoms with Crippen LogP contribution in [0, 0.1) is 23.7 Å². The Morgan fingerprint density at radius 1 is 0.550 bits per heavy atom. The molecule has 0 unspecified atom stereocenters. The summed E-state index contributed by atoms with van der Waals surface area (Å²) in [7, 11) is 0. The largest absolute Gasteiger partial charge is 0.135 e. The van der Waals surface area contributed by atoms with Crippen molar-refractivity contribution in [3.8, 4) is 23.7 Å². The standard InChI is InChI=1S/C18H10S2/c1-2-6-16(10-12-18-8-4-14-20-18)15(5-1)9-11-17-7-3-13-19-17/h1-8,13-14H. The van der Waals surface area contributed by atoms with E-state index < -0.39 is 0 Å². The van der Waals surface area contributed by atoms with Gasteiger partial charge in [0.1, 0.15) is 0 Å². The lowest BCUT2D eigenvalue weighted by atomic mass is 10.1. The van der Waals surface area contributed by atoms with Gasteiger partial charge >= 0.3 is 0 Å². The summed E-state index contributed by atoms with van der Waals surface area (Å²) in [5.41, 5.74) is 1.95. The maximum atomic E-state index is 3.21. The Labute approximate surface area is 126 Å². The predicted molar refractivity (Wildman–Crippen MR) is 87.0 cm³/mol. The molecule has 94 valence electrons. The molecule has 1 aromatic carbocycles. The first-order chi connectivity index (χ1) is 9.92. The van der Waals surface area contributed by atoms with Crippen LogP contribution < -0.4 is 0 Å². The Hall–Kier alpha value is -2.26. The highest BCUT2D eigenvalue weighted by Crippen LogP contribution is 2.10. The molecule has 0 saturated heterocycles. The number of benzene rings is 1. The van der Waals surface area contributed by atoms with Crippen LogP contribution in [0.5, 0.6) is 0 Å². The molecule has 0 spiro atoms. The zero-order valence-electron chi connectivity index (χ0n) is 10.6. The minimum absolute atomic E-state index is 0.977. The van der Waals surface area contributed by atoms with Gasteiger partial charge in [0.25, 0.3) is 0 Å². The summed E-state index contributed by atoms with van der Waals surface area (Å²) in [6.07, 6.45) is 0. The molecule has 0 nitrogen and oxygen atoms in total. The smallest absolute Gasteiger partial charge is 0.0772 e. The molecular weight excluding hydrogens is 280 g/mol. The Bertz CT molecular complexity index is 730. The summed E-state index contributed by atoms with van der Waals surface area (Å²) in [6.45, 7) is 0. The van der Waals surface area contributed by atoms with Crippen molar-refractivity contribution in [2.45, 2.75) is 0 Å². The molecule has 2 heteroatoms. The van der Waals surface area contributed by atoms with E-state index in [9.17, 15) is 0 Å². The minimum Gasteiger partial charge on any atom is -0.135 e. The molecule has 0 aliphatic rings. The second-order valence-corrected chi connectivity index (χ2v) is 5.90. The Morgan fingerprint density at radius 2 is 1.05 bits per heavy atom. The minimum atomic E-state index is 0.977. The molecule has 0 fully saturated rings. The van der Waals surface area contributed by atoms with Gasteiger partial charge in [-0.25, -0.2) is 0 Å². The lowest BCUT2D eigenvalue weighted by Gasteiger charge is -1.94. The molecule has 2 heterocycles. The molecule has 3 aromatic rings. The number of thiophene rings is 2. The lowest BCUT2D eigenvalue weighted by Crippen LogP contribution is -1.82.